The largest absolute Gasteiger partial charge is 0.496 e. The van der Waals surface area contributed by atoms with Gasteiger partial charge in [-0.05, 0) is 36.1 Å². The van der Waals surface area contributed by atoms with E-state index in [1.165, 1.54) is 31.4 Å². The van der Waals surface area contributed by atoms with Crippen molar-refractivity contribution in [1.82, 2.24) is 0 Å². The van der Waals surface area contributed by atoms with Crippen molar-refractivity contribution in [3.63, 3.8) is 0 Å². The summed E-state index contributed by atoms with van der Waals surface area (Å²) in [5.41, 5.74) is 4.33. The van der Waals surface area contributed by atoms with Crippen LogP contribution in [0, 0.1) is 0 Å². The van der Waals surface area contributed by atoms with E-state index in [1.54, 1.807) is 7.11 Å². The number of methoxy groups -OCH3 is 1. The molecule has 0 bridgehead atoms. The Morgan fingerprint density at radius 2 is 1.59 bits per heavy atom. The third-order valence-corrected chi connectivity index (χ3v) is 4.76. The molecule has 0 amide bonds. The minimum atomic E-state index is 0.0752. The summed E-state index contributed by atoms with van der Waals surface area (Å²) < 4.78 is 5.66. The molecule has 0 aliphatic carbocycles. The molecule has 27 heavy (non-hydrogen) atoms. The van der Waals surface area contributed by atoms with Gasteiger partial charge < -0.3 is 14.7 Å². The van der Waals surface area contributed by atoms with Crippen molar-refractivity contribution >= 4 is 17.8 Å². The normalized spacial score (nSPS) is 11.1. The van der Waals surface area contributed by atoms with E-state index in [0.29, 0.717) is 0 Å². The standard InChI is InChI=1S/C24H33NO2/c1-4-6-16-25(17-7-5-2)23-15-14-22(24(18-23)27-3)13-12-20-8-10-21(19-26)11-9-20/h8-15,18,26H,4-7,16-17,19H2,1-3H3/b13-12+. The summed E-state index contributed by atoms with van der Waals surface area (Å²) in [5.74, 6) is 0.897. The van der Waals surface area contributed by atoms with Gasteiger partial charge in [0, 0.05) is 30.4 Å². The number of hydrogen-bond acceptors (Lipinski definition) is 3. The Balaban J connectivity index is 2.18. The second kappa shape index (κ2) is 11.5. The van der Waals surface area contributed by atoms with E-state index < -0.39 is 0 Å². The Morgan fingerprint density at radius 1 is 0.926 bits per heavy atom. The van der Waals surface area contributed by atoms with Crippen LogP contribution in [0.1, 0.15) is 56.2 Å². The lowest BCUT2D eigenvalue weighted by molar-refractivity contribution is 0.282. The fourth-order valence-electron chi connectivity index (χ4n) is 3.02. The molecule has 3 nitrogen and oxygen atoms in total. The first kappa shape index (κ1) is 21.0. The smallest absolute Gasteiger partial charge is 0.128 e. The van der Waals surface area contributed by atoms with Gasteiger partial charge in [0.05, 0.1) is 13.7 Å². The summed E-state index contributed by atoms with van der Waals surface area (Å²) in [6, 6.07) is 14.4. The van der Waals surface area contributed by atoms with Crippen molar-refractivity contribution < 1.29 is 9.84 Å². The molecule has 2 aromatic rings. The van der Waals surface area contributed by atoms with Crippen molar-refractivity contribution in [1.29, 1.82) is 0 Å². The highest BCUT2D eigenvalue weighted by Gasteiger charge is 2.09. The predicted octanol–water partition coefficient (Wildman–Crippen LogP) is 5.76. The van der Waals surface area contributed by atoms with E-state index in [0.717, 1.165) is 35.5 Å². The molecular formula is C24H33NO2. The minimum absolute atomic E-state index is 0.0752. The zero-order valence-corrected chi connectivity index (χ0v) is 16.9. The molecule has 0 unspecified atom stereocenters. The van der Waals surface area contributed by atoms with Crippen LogP contribution in [0.15, 0.2) is 42.5 Å². The first-order valence-electron chi connectivity index (χ1n) is 10.0. The molecule has 0 saturated carbocycles. The van der Waals surface area contributed by atoms with Crippen LogP contribution in [0.4, 0.5) is 5.69 Å². The van der Waals surface area contributed by atoms with E-state index >= 15 is 0 Å². The number of rotatable bonds is 11. The van der Waals surface area contributed by atoms with Crippen LogP contribution in [0.5, 0.6) is 5.75 Å². The van der Waals surface area contributed by atoms with Crippen molar-refractivity contribution in [2.24, 2.45) is 0 Å². The molecule has 3 heteroatoms. The molecule has 2 rings (SSSR count). The number of benzene rings is 2. The molecule has 0 spiro atoms. The molecule has 0 aliphatic rings. The van der Waals surface area contributed by atoms with Gasteiger partial charge in [-0.3, -0.25) is 0 Å². The summed E-state index contributed by atoms with van der Waals surface area (Å²) >= 11 is 0. The molecule has 0 heterocycles. The molecule has 0 saturated heterocycles. The number of unbranched alkanes of at least 4 members (excludes halogenated alkanes) is 2. The van der Waals surface area contributed by atoms with Gasteiger partial charge in [-0.1, -0.05) is 63.1 Å². The average Bonchev–Trinajstić information content (AvgIpc) is 2.72. The SMILES string of the molecule is CCCCN(CCCC)c1ccc(/C=C/c2ccc(CO)cc2)c(OC)c1. The van der Waals surface area contributed by atoms with Crippen molar-refractivity contribution in [3.05, 3.63) is 59.2 Å². The molecule has 0 radical (unpaired) electrons. The summed E-state index contributed by atoms with van der Waals surface area (Å²) in [5, 5.41) is 9.14. The molecular weight excluding hydrogens is 334 g/mol. The van der Waals surface area contributed by atoms with Gasteiger partial charge in [0.1, 0.15) is 5.75 Å². The van der Waals surface area contributed by atoms with E-state index in [-0.39, 0.29) is 6.61 Å². The molecule has 146 valence electrons. The Hall–Kier alpha value is -2.26. The Bertz CT molecular complexity index is 699. The van der Waals surface area contributed by atoms with Gasteiger partial charge in [0.15, 0.2) is 0 Å². The fraction of sp³-hybridized carbons (Fsp3) is 0.417. The van der Waals surface area contributed by atoms with Gasteiger partial charge in [0.25, 0.3) is 0 Å². The molecule has 2 aromatic carbocycles. The summed E-state index contributed by atoms with van der Waals surface area (Å²) in [6.45, 7) is 6.73. The number of anilines is 1. The zero-order valence-electron chi connectivity index (χ0n) is 16.9. The molecule has 0 fully saturated rings. The first-order chi connectivity index (χ1) is 13.2. The highest BCUT2D eigenvalue weighted by molar-refractivity contribution is 5.74. The molecule has 0 aliphatic heterocycles. The summed E-state index contributed by atoms with van der Waals surface area (Å²) in [6.07, 6.45) is 8.98. The van der Waals surface area contributed by atoms with Crippen molar-refractivity contribution in [2.75, 3.05) is 25.1 Å². The molecule has 0 atom stereocenters. The van der Waals surface area contributed by atoms with E-state index in [4.69, 9.17) is 9.84 Å². The second-order valence-electron chi connectivity index (χ2n) is 6.85. The quantitative estimate of drug-likeness (QED) is 0.512. The Morgan fingerprint density at radius 3 is 2.15 bits per heavy atom. The third kappa shape index (κ3) is 6.44. The van der Waals surface area contributed by atoms with Crippen molar-refractivity contribution in [2.45, 2.75) is 46.1 Å². The number of hydrogen-bond donors (Lipinski definition) is 1. The maximum atomic E-state index is 9.14. The van der Waals surface area contributed by atoms with Crippen LogP contribution in [0.25, 0.3) is 12.2 Å². The highest BCUT2D eigenvalue weighted by Crippen LogP contribution is 2.28. The van der Waals surface area contributed by atoms with Gasteiger partial charge in [-0.15, -0.1) is 0 Å². The lowest BCUT2D eigenvalue weighted by Crippen LogP contribution is -2.25. The van der Waals surface area contributed by atoms with Gasteiger partial charge >= 0.3 is 0 Å². The lowest BCUT2D eigenvalue weighted by atomic mass is 10.1. The van der Waals surface area contributed by atoms with Gasteiger partial charge in [-0.25, -0.2) is 0 Å². The number of nitrogens with zero attached hydrogens (tertiary/aromatic N) is 1. The monoisotopic (exact) mass is 367 g/mol. The van der Waals surface area contributed by atoms with E-state index in [9.17, 15) is 0 Å². The minimum Gasteiger partial charge on any atom is -0.496 e. The Kier molecular flexibility index (Phi) is 8.93. The number of aliphatic hydroxyl groups excluding tert-OH is 1. The second-order valence-corrected chi connectivity index (χ2v) is 6.85. The molecule has 1 N–H and O–H groups in total. The van der Waals surface area contributed by atoms with Crippen LogP contribution >= 0.6 is 0 Å². The summed E-state index contributed by atoms with van der Waals surface area (Å²) in [7, 11) is 1.73. The topological polar surface area (TPSA) is 32.7 Å². The highest BCUT2D eigenvalue weighted by atomic mass is 16.5. The summed E-state index contributed by atoms with van der Waals surface area (Å²) in [4.78, 5) is 2.47. The van der Waals surface area contributed by atoms with E-state index in [1.807, 2.05) is 24.3 Å². The maximum Gasteiger partial charge on any atom is 0.128 e. The van der Waals surface area contributed by atoms with Gasteiger partial charge in [0.2, 0.25) is 0 Å². The van der Waals surface area contributed by atoms with Crippen LogP contribution in [0.2, 0.25) is 0 Å². The van der Waals surface area contributed by atoms with Crippen LogP contribution < -0.4 is 9.64 Å². The van der Waals surface area contributed by atoms with Gasteiger partial charge in [-0.2, -0.15) is 0 Å². The maximum absolute atomic E-state index is 9.14. The average molecular weight is 368 g/mol. The third-order valence-electron chi connectivity index (χ3n) is 4.76. The van der Waals surface area contributed by atoms with Crippen LogP contribution in [-0.2, 0) is 6.61 Å². The number of ether oxygens (including phenoxy) is 1. The van der Waals surface area contributed by atoms with Crippen molar-refractivity contribution in [3.8, 4) is 5.75 Å². The zero-order chi connectivity index (χ0) is 19.5. The number of aliphatic hydroxyl groups is 1. The Labute approximate surface area is 164 Å². The van der Waals surface area contributed by atoms with Crippen LogP contribution in [0.3, 0.4) is 0 Å². The van der Waals surface area contributed by atoms with Crippen LogP contribution in [-0.4, -0.2) is 25.3 Å². The predicted molar refractivity (Wildman–Crippen MR) is 116 cm³/mol. The lowest BCUT2D eigenvalue weighted by Gasteiger charge is -2.25. The molecule has 0 aromatic heterocycles. The van der Waals surface area contributed by atoms with E-state index in [2.05, 4.69) is 49.1 Å². The fourth-order valence-corrected chi connectivity index (χ4v) is 3.02. The first-order valence-corrected chi connectivity index (χ1v) is 10.0.